The number of hydrogen-bond donors (Lipinski definition) is 1. The zero-order valence-corrected chi connectivity index (χ0v) is 23.2. The van der Waals surface area contributed by atoms with Crippen LogP contribution in [-0.2, 0) is 19.9 Å². The van der Waals surface area contributed by atoms with Gasteiger partial charge < -0.3 is 19.9 Å². The van der Waals surface area contributed by atoms with Crippen molar-refractivity contribution in [3.8, 4) is 6.07 Å². The fourth-order valence-corrected chi connectivity index (χ4v) is 6.85. The molecule has 4 fully saturated rings. The largest absolute Gasteiger partial charge is 0.444 e. The summed E-state index contributed by atoms with van der Waals surface area (Å²) in [6.45, 7) is 8.44. The lowest BCUT2D eigenvalue weighted by molar-refractivity contribution is -0.150. The van der Waals surface area contributed by atoms with Gasteiger partial charge in [0.25, 0.3) is 0 Å². The van der Waals surface area contributed by atoms with Crippen molar-refractivity contribution in [2.75, 3.05) is 19.6 Å². The van der Waals surface area contributed by atoms with Crippen LogP contribution in [-0.4, -0.2) is 82.0 Å². The molecule has 1 N–H and O–H groups in total. The number of rotatable bonds is 6. The second kappa shape index (κ2) is 10.1. The molecule has 1 aliphatic carbocycles. The first-order chi connectivity index (χ1) is 18.4. The maximum atomic E-state index is 13.8. The third-order valence-electron chi connectivity index (χ3n) is 8.64. The molecule has 0 radical (unpaired) electrons. The summed E-state index contributed by atoms with van der Waals surface area (Å²) in [5.74, 6) is -0.425. The van der Waals surface area contributed by atoms with Crippen molar-refractivity contribution in [1.82, 2.24) is 20.0 Å². The van der Waals surface area contributed by atoms with Crippen LogP contribution in [0.1, 0.15) is 65.4 Å². The first kappa shape index (κ1) is 27.4. The van der Waals surface area contributed by atoms with Crippen LogP contribution in [0.5, 0.6) is 0 Å². The molecule has 4 aliphatic rings. The van der Waals surface area contributed by atoms with Gasteiger partial charge in [-0.1, -0.05) is 19.1 Å². The van der Waals surface area contributed by atoms with Crippen molar-refractivity contribution in [3.63, 3.8) is 0 Å². The second-order valence-electron chi connectivity index (χ2n) is 12.6. The van der Waals surface area contributed by atoms with Crippen molar-refractivity contribution in [2.45, 2.75) is 95.1 Å². The normalized spacial score (nSPS) is 28.7. The summed E-state index contributed by atoms with van der Waals surface area (Å²) in [6, 6.07) is 6.78. The van der Waals surface area contributed by atoms with Gasteiger partial charge in [0.1, 0.15) is 23.5 Å². The Hall–Kier alpha value is -3.19. The molecule has 9 nitrogen and oxygen atoms in total. The summed E-state index contributed by atoms with van der Waals surface area (Å²) in [6.07, 6.45) is 3.23. The van der Waals surface area contributed by atoms with Crippen molar-refractivity contribution >= 4 is 17.9 Å². The van der Waals surface area contributed by atoms with Crippen molar-refractivity contribution in [1.29, 1.82) is 5.26 Å². The number of likely N-dealkylation sites (tertiary alicyclic amines) is 3. The fourth-order valence-electron chi connectivity index (χ4n) is 6.85. The zero-order valence-electron chi connectivity index (χ0n) is 23.2. The van der Waals surface area contributed by atoms with Gasteiger partial charge in [-0.3, -0.25) is 14.5 Å². The molecule has 5 unspecified atom stereocenters. The number of fused-ring (bicyclic) bond motifs is 2. The topological polar surface area (TPSA) is 106 Å². The minimum absolute atomic E-state index is 0.0171. The Morgan fingerprint density at radius 1 is 1.21 bits per heavy atom. The molecule has 5 rings (SSSR count). The number of piperazine rings is 1. The number of nitrogens with one attached hydrogen (secondary N) is 1. The van der Waals surface area contributed by atoms with E-state index in [-0.39, 0.29) is 36.1 Å². The quantitative estimate of drug-likeness (QED) is 0.596. The Morgan fingerprint density at radius 2 is 1.90 bits per heavy atom. The number of nitrogens with zero attached hydrogens (tertiary/aromatic N) is 4. The molecular formula is C29H38FN5O4. The highest BCUT2D eigenvalue weighted by atomic mass is 19.1. The molecule has 3 heterocycles. The van der Waals surface area contributed by atoms with E-state index in [9.17, 15) is 24.0 Å². The second-order valence-corrected chi connectivity index (χ2v) is 12.6. The number of alkyl carbamates (subject to hydrolysis) is 1. The van der Waals surface area contributed by atoms with Gasteiger partial charge in [-0.15, -0.1) is 0 Å². The Labute approximate surface area is 229 Å². The van der Waals surface area contributed by atoms with Crippen LogP contribution in [0.25, 0.3) is 0 Å². The first-order valence-corrected chi connectivity index (χ1v) is 13.9. The Morgan fingerprint density at radius 3 is 2.46 bits per heavy atom. The monoisotopic (exact) mass is 539 g/mol. The summed E-state index contributed by atoms with van der Waals surface area (Å²) in [7, 11) is 0. The van der Waals surface area contributed by atoms with Gasteiger partial charge in [0, 0.05) is 25.7 Å². The number of carbonyl (C=O) groups excluding carboxylic acids is 3. The van der Waals surface area contributed by atoms with Crippen LogP contribution in [0.4, 0.5) is 9.18 Å². The highest BCUT2D eigenvalue weighted by Gasteiger charge is 2.59. The molecule has 0 aromatic heterocycles. The fraction of sp³-hybridized carbons (Fsp3) is 0.655. The third kappa shape index (κ3) is 5.09. The van der Waals surface area contributed by atoms with Crippen molar-refractivity contribution in [3.05, 3.63) is 35.6 Å². The number of halogens is 1. The Bertz CT molecular complexity index is 1170. The minimum atomic E-state index is -0.948. The van der Waals surface area contributed by atoms with Crippen LogP contribution in [0.15, 0.2) is 24.3 Å². The van der Waals surface area contributed by atoms with Gasteiger partial charge >= 0.3 is 6.09 Å². The van der Waals surface area contributed by atoms with E-state index < -0.39 is 35.4 Å². The van der Waals surface area contributed by atoms with E-state index in [4.69, 9.17) is 4.74 Å². The molecule has 3 aliphatic heterocycles. The van der Waals surface area contributed by atoms with Crippen LogP contribution in [0.3, 0.4) is 0 Å². The van der Waals surface area contributed by atoms with E-state index in [0.29, 0.717) is 25.9 Å². The molecule has 3 amide bonds. The van der Waals surface area contributed by atoms with Gasteiger partial charge in [0.05, 0.1) is 17.6 Å². The molecule has 1 aromatic rings. The average molecular weight is 540 g/mol. The Kier molecular flexibility index (Phi) is 7.08. The highest BCUT2D eigenvalue weighted by Crippen LogP contribution is 2.52. The number of nitriles is 1. The van der Waals surface area contributed by atoms with Crippen molar-refractivity contribution < 1.29 is 23.5 Å². The van der Waals surface area contributed by atoms with Crippen LogP contribution in [0, 0.1) is 23.1 Å². The SMILES string of the molecule is CC1CC(C#N)N(C(=O)C(CN2CC3CC2C(=O)N3C2(c3ccc(F)cc3)CCC2)NC(=O)OC(C)(C)C)C1. The van der Waals surface area contributed by atoms with Gasteiger partial charge in [-0.05, 0) is 76.5 Å². The predicted molar refractivity (Wildman–Crippen MR) is 141 cm³/mol. The van der Waals surface area contributed by atoms with Crippen LogP contribution in [0.2, 0.25) is 0 Å². The molecule has 39 heavy (non-hydrogen) atoms. The van der Waals surface area contributed by atoms with E-state index in [1.54, 1.807) is 37.8 Å². The molecule has 5 atom stereocenters. The molecule has 3 saturated heterocycles. The molecule has 1 aromatic carbocycles. The summed E-state index contributed by atoms with van der Waals surface area (Å²) < 4.78 is 19.1. The average Bonchev–Trinajstić information content (AvgIpc) is 3.50. The molecular weight excluding hydrogens is 501 g/mol. The highest BCUT2D eigenvalue weighted by molar-refractivity contribution is 5.88. The van der Waals surface area contributed by atoms with Gasteiger partial charge in [-0.2, -0.15) is 5.26 Å². The van der Waals surface area contributed by atoms with Gasteiger partial charge in [0.15, 0.2) is 0 Å². The molecule has 1 saturated carbocycles. The first-order valence-electron chi connectivity index (χ1n) is 13.9. The molecule has 210 valence electrons. The minimum Gasteiger partial charge on any atom is -0.444 e. The number of hydrogen-bond acceptors (Lipinski definition) is 6. The van der Waals surface area contributed by atoms with Crippen LogP contribution >= 0.6 is 0 Å². The maximum absolute atomic E-state index is 13.8. The predicted octanol–water partition coefficient (Wildman–Crippen LogP) is 3.14. The molecule has 0 spiro atoms. The lowest BCUT2D eigenvalue weighted by atomic mass is 9.70. The van der Waals surface area contributed by atoms with E-state index in [2.05, 4.69) is 11.4 Å². The van der Waals surface area contributed by atoms with Gasteiger partial charge in [-0.25, -0.2) is 9.18 Å². The van der Waals surface area contributed by atoms with E-state index in [1.165, 1.54) is 12.1 Å². The van der Waals surface area contributed by atoms with E-state index in [0.717, 1.165) is 24.8 Å². The zero-order chi connectivity index (χ0) is 28.1. The lowest BCUT2D eigenvalue weighted by Crippen LogP contribution is -2.63. The molecule has 10 heteroatoms. The van der Waals surface area contributed by atoms with E-state index >= 15 is 0 Å². The summed E-state index contributed by atoms with van der Waals surface area (Å²) in [5, 5.41) is 12.4. The number of benzene rings is 1. The summed E-state index contributed by atoms with van der Waals surface area (Å²) in [4.78, 5) is 45.7. The van der Waals surface area contributed by atoms with E-state index in [1.807, 2.05) is 16.7 Å². The maximum Gasteiger partial charge on any atom is 0.408 e. The van der Waals surface area contributed by atoms with Crippen molar-refractivity contribution in [2.24, 2.45) is 5.92 Å². The third-order valence-corrected chi connectivity index (χ3v) is 8.64. The smallest absolute Gasteiger partial charge is 0.408 e. The Balaban J connectivity index is 1.34. The van der Waals surface area contributed by atoms with Gasteiger partial charge in [0.2, 0.25) is 11.8 Å². The summed E-state index contributed by atoms with van der Waals surface area (Å²) >= 11 is 0. The number of ether oxygens (including phenoxy) is 1. The molecule has 2 bridgehead atoms. The van der Waals surface area contributed by atoms with Crippen LogP contribution < -0.4 is 5.32 Å². The number of carbonyl (C=O) groups is 3. The lowest BCUT2D eigenvalue weighted by Gasteiger charge is -2.53. The summed E-state index contributed by atoms with van der Waals surface area (Å²) in [5.41, 5.74) is -0.185. The number of amides is 3. The standard InChI is InChI=1S/C29H38FN5O4/c1-18-12-21(14-31)34(15-18)25(36)23(32-27(38)39-28(2,3)4)17-33-16-22-13-24(33)26(37)35(22)29(10-5-11-29)19-6-8-20(30)9-7-19/h6-9,18,21-24H,5,10-13,15-17H2,1-4H3,(H,32,38).